The maximum Gasteiger partial charge on any atom is 0.329 e. The fourth-order valence-corrected chi connectivity index (χ4v) is 11.7. The number of piperazine rings is 2. The van der Waals surface area contributed by atoms with Crippen LogP contribution in [0.25, 0.3) is 0 Å². The van der Waals surface area contributed by atoms with E-state index in [4.69, 9.17) is 23.7 Å². The molecule has 0 aromatic heterocycles. The molecular formula is C40H60N4O12S2. The average Bonchev–Trinajstić information content (AvgIpc) is 3.22. The van der Waals surface area contributed by atoms with E-state index in [1.807, 2.05) is 62.4 Å². The predicted octanol–water partition coefficient (Wildman–Crippen LogP) is 3.60. The van der Waals surface area contributed by atoms with Crippen LogP contribution < -0.4 is 19.3 Å². The van der Waals surface area contributed by atoms with Gasteiger partial charge in [0.2, 0.25) is 20.0 Å². The number of carboxylic acid groups (broad SMARTS) is 1. The number of ether oxygens (including phenoxy) is 5. The number of hydrogen-bond donors (Lipinski definition) is 1. The average molecular weight is 853 g/mol. The van der Waals surface area contributed by atoms with Crippen molar-refractivity contribution in [3.05, 3.63) is 48.5 Å². The number of rotatable bonds is 12. The molecule has 0 spiro atoms. The Balaban J connectivity index is 0.000000223. The van der Waals surface area contributed by atoms with Gasteiger partial charge in [-0.1, -0.05) is 0 Å². The van der Waals surface area contributed by atoms with Crippen LogP contribution in [-0.2, 0) is 43.8 Å². The van der Waals surface area contributed by atoms with Crippen LogP contribution >= 0.6 is 0 Å². The molecule has 0 saturated carbocycles. The van der Waals surface area contributed by atoms with Crippen LogP contribution in [-0.4, -0.2) is 150 Å². The van der Waals surface area contributed by atoms with Crippen molar-refractivity contribution in [2.24, 2.45) is 0 Å². The molecule has 4 fully saturated rings. The Hall–Kier alpha value is -3.68. The van der Waals surface area contributed by atoms with E-state index in [0.29, 0.717) is 52.5 Å². The first-order valence-corrected chi connectivity index (χ1v) is 22.9. The highest BCUT2D eigenvalue weighted by Gasteiger charge is 2.57. The molecule has 0 amide bonds. The van der Waals surface area contributed by atoms with Gasteiger partial charge >= 0.3 is 11.9 Å². The SMILES string of the molecule is CCOc1ccc(N2CCN(S(=O)(=O)C3(C(=O)O)CCOCC3)CC2)cc1.CCOc1ccc(N2CCN(S(=O)(=O)C3(C(=O)OC(C)(C)C)CCOCC3)CC2)cc1. The van der Waals surface area contributed by atoms with Crippen LogP contribution in [0.3, 0.4) is 0 Å². The predicted molar refractivity (Wildman–Crippen MR) is 220 cm³/mol. The Bertz CT molecular complexity index is 1880. The number of anilines is 2. The molecule has 0 radical (unpaired) electrons. The number of carbonyl (C=O) groups is 2. The maximum absolute atomic E-state index is 13.7. The summed E-state index contributed by atoms with van der Waals surface area (Å²) in [6.07, 6.45) is 0.209. The number of nitrogens with zero attached hydrogens (tertiary/aromatic N) is 4. The molecule has 4 heterocycles. The van der Waals surface area contributed by atoms with E-state index >= 15 is 0 Å². The number of aliphatic carboxylic acids is 1. The molecule has 6 rings (SSSR count). The fourth-order valence-electron chi connectivity index (χ4n) is 7.63. The van der Waals surface area contributed by atoms with Gasteiger partial charge in [-0.15, -0.1) is 0 Å². The Morgan fingerprint density at radius 3 is 1.29 bits per heavy atom. The minimum atomic E-state index is -3.96. The van der Waals surface area contributed by atoms with E-state index in [0.717, 1.165) is 22.9 Å². The van der Waals surface area contributed by atoms with Crippen LogP contribution in [0.15, 0.2) is 48.5 Å². The molecule has 0 bridgehead atoms. The van der Waals surface area contributed by atoms with Gasteiger partial charge in [0.15, 0.2) is 9.49 Å². The summed E-state index contributed by atoms with van der Waals surface area (Å²) in [6.45, 7) is 14.4. The van der Waals surface area contributed by atoms with Crippen LogP contribution in [0.1, 0.15) is 60.3 Å². The monoisotopic (exact) mass is 852 g/mol. The van der Waals surface area contributed by atoms with Gasteiger partial charge in [-0.05, 0) is 83.1 Å². The lowest BCUT2D eigenvalue weighted by Crippen LogP contribution is -2.61. The normalized spacial score (nSPS) is 20.6. The second kappa shape index (κ2) is 19.1. The van der Waals surface area contributed by atoms with E-state index in [1.54, 1.807) is 20.8 Å². The molecule has 4 aliphatic rings. The minimum absolute atomic E-state index is 0.0101. The highest BCUT2D eigenvalue weighted by molar-refractivity contribution is 7.91. The van der Waals surface area contributed by atoms with Crippen molar-refractivity contribution in [2.45, 2.75) is 75.4 Å². The fraction of sp³-hybridized carbons (Fsp3) is 0.650. The van der Waals surface area contributed by atoms with Crippen molar-refractivity contribution in [3.8, 4) is 11.5 Å². The summed E-state index contributed by atoms with van der Waals surface area (Å²) in [7, 11) is -7.86. The summed E-state index contributed by atoms with van der Waals surface area (Å²) >= 11 is 0. The molecule has 4 aliphatic heterocycles. The third-order valence-electron chi connectivity index (χ3n) is 10.9. The first-order valence-electron chi connectivity index (χ1n) is 20.1. The molecule has 2 aromatic carbocycles. The van der Waals surface area contributed by atoms with E-state index in [1.165, 1.54) is 8.61 Å². The molecule has 324 valence electrons. The van der Waals surface area contributed by atoms with Crippen molar-refractivity contribution in [2.75, 3.05) is 102 Å². The first kappa shape index (κ1) is 45.4. The summed E-state index contributed by atoms with van der Waals surface area (Å²) in [4.78, 5) is 29.2. The minimum Gasteiger partial charge on any atom is -0.494 e. The lowest BCUT2D eigenvalue weighted by molar-refractivity contribution is -0.161. The van der Waals surface area contributed by atoms with E-state index in [-0.39, 0.29) is 65.2 Å². The highest BCUT2D eigenvalue weighted by atomic mass is 32.2. The first-order chi connectivity index (χ1) is 27.5. The summed E-state index contributed by atoms with van der Waals surface area (Å²) in [5.41, 5.74) is 1.26. The Morgan fingerprint density at radius 1 is 0.621 bits per heavy atom. The standard InChI is InChI=1S/C22H34N2O6S.C18H26N2O6S/c1-5-29-19-8-6-18(7-9-19)23-12-14-24(15-13-23)31(26,27)22(10-16-28-17-11-22)20(25)30-21(2,3)4;1-2-26-16-5-3-15(4-6-16)19-9-11-20(12-10-19)27(23,24)18(17(21)22)7-13-25-14-8-18/h6-9H,5,10-17H2,1-4H3;3-6H,2,7-14H2,1H3,(H,21,22). The summed E-state index contributed by atoms with van der Waals surface area (Å²) < 4.78 is 80.1. The Kier molecular flexibility index (Phi) is 15.0. The number of esters is 1. The molecule has 0 aliphatic carbocycles. The van der Waals surface area contributed by atoms with Gasteiger partial charge in [0.1, 0.15) is 17.1 Å². The van der Waals surface area contributed by atoms with Crippen LogP contribution in [0, 0.1) is 0 Å². The molecule has 58 heavy (non-hydrogen) atoms. The van der Waals surface area contributed by atoms with Gasteiger partial charge in [0.05, 0.1) is 13.2 Å². The number of sulfonamides is 2. The molecule has 4 saturated heterocycles. The van der Waals surface area contributed by atoms with Gasteiger partial charge in [-0.25, -0.2) is 16.8 Å². The third-order valence-corrected chi connectivity index (χ3v) is 16.2. The summed E-state index contributed by atoms with van der Waals surface area (Å²) in [5, 5.41) is 9.67. The second-order valence-electron chi connectivity index (χ2n) is 15.7. The largest absolute Gasteiger partial charge is 0.494 e. The van der Waals surface area contributed by atoms with Crippen LogP contribution in [0.5, 0.6) is 11.5 Å². The Morgan fingerprint density at radius 2 is 0.966 bits per heavy atom. The molecule has 1 N–H and O–H groups in total. The van der Waals surface area contributed by atoms with E-state index < -0.39 is 47.1 Å². The van der Waals surface area contributed by atoms with Gasteiger partial charge in [-0.2, -0.15) is 8.61 Å². The number of carboxylic acids is 1. The summed E-state index contributed by atoms with van der Waals surface area (Å²) in [5.74, 6) is -0.339. The highest BCUT2D eigenvalue weighted by Crippen LogP contribution is 2.37. The van der Waals surface area contributed by atoms with Gasteiger partial charge in [0, 0.05) is 116 Å². The zero-order chi connectivity index (χ0) is 42.2. The molecular weight excluding hydrogens is 793 g/mol. The van der Waals surface area contributed by atoms with Crippen molar-refractivity contribution in [1.82, 2.24) is 8.61 Å². The Labute approximate surface area is 343 Å². The van der Waals surface area contributed by atoms with Crippen LogP contribution in [0.4, 0.5) is 11.4 Å². The molecule has 0 unspecified atom stereocenters. The van der Waals surface area contributed by atoms with E-state index in [2.05, 4.69) is 9.80 Å². The molecule has 2 aromatic rings. The number of benzene rings is 2. The topological polar surface area (TPSA) is 182 Å². The van der Waals surface area contributed by atoms with E-state index in [9.17, 15) is 31.5 Å². The molecule has 18 heteroatoms. The van der Waals surface area contributed by atoms with Crippen molar-refractivity contribution in [3.63, 3.8) is 0 Å². The van der Waals surface area contributed by atoms with Gasteiger partial charge in [-0.3, -0.25) is 9.59 Å². The summed E-state index contributed by atoms with van der Waals surface area (Å²) in [6, 6.07) is 15.5. The van der Waals surface area contributed by atoms with Crippen molar-refractivity contribution < 1.29 is 55.2 Å². The lowest BCUT2D eigenvalue weighted by atomic mass is 9.99. The maximum atomic E-state index is 13.7. The van der Waals surface area contributed by atoms with Crippen molar-refractivity contribution >= 4 is 43.4 Å². The smallest absolute Gasteiger partial charge is 0.329 e. The quantitative estimate of drug-likeness (QED) is 0.306. The number of carbonyl (C=O) groups excluding carboxylic acids is 1. The lowest BCUT2D eigenvalue weighted by Gasteiger charge is -2.42. The number of hydrogen-bond acceptors (Lipinski definition) is 13. The second-order valence-corrected chi connectivity index (χ2v) is 20.2. The zero-order valence-corrected chi connectivity index (χ0v) is 36.0. The third kappa shape index (κ3) is 10.0. The van der Waals surface area contributed by atoms with Crippen molar-refractivity contribution in [1.29, 1.82) is 0 Å². The molecule has 16 nitrogen and oxygen atoms in total. The van der Waals surface area contributed by atoms with Gasteiger partial charge < -0.3 is 38.6 Å². The zero-order valence-electron chi connectivity index (χ0n) is 34.4. The van der Waals surface area contributed by atoms with Gasteiger partial charge in [0.25, 0.3) is 0 Å². The van der Waals surface area contributed by atoms with Crippen LogP contribution in [0.2, 0.25) is 0 Å². The molecule has 0 atom stereocenters.